The van der Waals surface area contributed by atoms with Gasteiger partial charge in [0.2, 0.25) is 17.5 Å². The van der Waals surface area contributed by atoms with Gasteiger partial charge in [-0.25, -0.2) is 70.8 Å². The Kier molecular flexibility index (Phi) is 11.6. The molecule has 2 aliphatic rings. The molecule has 0 spiro atoms. The number of thioether (sulfide) groups is 1. The molecule has 1 amide bonds. The number of amides is 1. The van der Waals surface area contributed by atoms with Crippen LogP contribution in [0.3, 0.4) is 0 Å². The van der Waals surface area contributed by atoms with Gasteiger partial charge < -0.3 is 20.3 Å². The van der Waals surface area contributed by atoms with Crippen molar-refractivity contribution in [3.8, 4) is 0 Å². The number of benzene rings is 4. The number of hydrogen-bond donors (Lipinski definition) is 4. The molecule has 0 saturated carbocycles. The van der Waals surface area contributed by atoms with Crippen molar-refractivity contribution in [2.75, 3.05) is 6.54 Å². The average Bonchev–Trinajstić information content (AvgIpc) is 4.19. The summed E-state index contributed by atoms with van der Waals surface area (Å²) in [7, 11) is 0. The van der Waals surface area contributed by atoms with E-state index >= 15 is 43.9 Å². The Bertz CT molecular complexity index is 3430. The summed E-state index contributed by atoms with van der Waals surface area (Å²) in [6.45, 7) is 1.99. The molecule has 0 radical (unpaired) electrons. The first-order valence-corrected chi connectivity index (χ1v) is 20.6. The number of halogens is 15. The molecule has 0 saturated heterocycles. The summed E-state index contributed by atoms with van der Waals surface area (Å²) in [6, 6.07) is 11.1. The summed E-state index contributed by atoms with van der Waals surface area (Å²) in [5.74, 6) is -40.9. The summed E-state index contributed by atoms with van der Waals surface area (Å²) >= 11 is 0.798. The second-order valence-corrected chi connectivity index (χ2v) is 16.1. The molecule has 9 rings (SSSR count). The molecule has 0 fully saturated rings. The molecule has 4 N–H and O–H groups in total. The molecular weight excluding hydrogens is 968 g/mol. The van der Waals surface area contributed by atoms with Gasteiger partial charge in [0, 0.05) is 56.1 Å². The van der Waals surface area contributed by atoms with E-state index in [4.69, 9.17) is 0 Å². The maximum Gasteiger partial charge on any atom is 0.283 e. The van der Waals surface area contributed by atoms with Gasteiger partial charge in [0.15, 0.2) is 69.8 Å². The minimum absolute atomic E-state index is 0.00605. The van der Waals surface area contributed by atoms with Crippen LogP contribution >= 0.6 is 11.8 Å². The van der Waals surface area contributed by atoms with Gasteiger partial charge in [0.1, 0.15) is 5.41 Å². The number of carbonyl (C=O) groups excluding carboxylic acids is 1. The van der Waals surface area contributed by atoms with Gasteiger partial charge in [-0.15, -0.1) is 0 Å². The molecule has 69 heavy (non-hydrogen) atoms. The van der Waals surface area contributed by atoms with Crippen molar-refractivity contribution in [3.05, 3.63) is 221 Å². The van der Waals surface area contributed by atoms with Crippen LogP contribution in [-0.4, -0.2) is 32.4 Å². The molecule has 6 nitrogen and oxygen atoms in total. The van der Waals surface area contributed by atoms with E-state index in [2.05, 4.69) is 25.3 Å². The highest BCUT2D eigenvalue weighted by Crippen LogP contribution is 2.51. The minimum Gasteiger partial charge on any atom is -0.357 e. The van der Waals surface area contributed by atoms with E-state index in [9.17, 15) is 26.7 Å². The minimum atomic E-state index is -4.04. The van der Waals surface area contributed by atoms with Crippen LogP contribution in [0.4, 0.5) is 70.7 Å². The lowest BCUT2D eigenvalue weighted by molar-refractivity contribution is 0.261. The summed E-state index contributed by atoms with van der Waals surface area (Å²) in [4.78, 5) is 24.9. The van der Waals surface area contributed by atoms with Crippen LogP contribution in [0.1, 0.15) is 52.0 Å². The van der Waals surface area contributed by atoms with E-state index in [1.54, 1.807) is 6.92 Å². The van der Waals surface area contributed by atoms with Crippen LogP contribution in [0, 0.1) is 87.3 Å². The van der Waals surface area contributed by atoms with Gasteiger partial charge in [0.05, 0.1) is 28.1 Å². The van der Waals surface area contributed by atoms with Crippen LogP contribution in [-0.2, 0) is 5.41 Å². The first kappa shape index (κ1) is 46.5. The van der Waals surface area contributed by atoms with Crippen molar-refractivity contribution in [1.29, 1.82) is 0 Å². The predicted molar refractivity (Wildman–Crippen MR) is 219 cm³/mol. The van der Waals surface area contributed by atoms with Crippen molar-refractivity contribution in [2.24, 2.45) is 4.99 Å². The van der Waals surface area contributed by atoms with E-state index in [-0.39, 0.29) is 33.6 Å². The maximum atomic E-state index is 16.7. The highest BCUT2D eigenvalue weighted by atomic mass is 32.2. The SMILES string of the molecule is CCNC(=O)Sc1ccc(/C2=C3\C=CC(=N3)/C=c3/cc/c([nH]3)=C(\c3c(F)c(F)c(F)c(F)c3F)c3ccc([nH]3)C(c3c(F)c(F)c(F)c(F)c3F)(c3c(F)c(F)c(F)c(F)c3F)c3ccc2[nH]3)cc1. The Balaban J connectivity index is 1.49. The molecule has 0 atom stereocenters. The third-order valence-corrected chi connectivity index (χ3v) is 12.1. The largest absolute Gasteiger partial charge is 0.357 e. The second kappa shape index (κ2) is 17.2. The van der Waals surface area contributed by atoms with Crippen molar-refractivity contribution in [3.63, 3.8) is 0 Å². The van der Waals surface area contributed by atoms with Crippen molar-refractivity contribution in [2.45, 2.75) is 17.2 Å². The van der Waals surface area contributed by atoms with Crippen molar-refractivity contribution >= 4 is 39.9 Å². The van der Waals surface area contributed by atoms with Crippen LogP contribution in [0.5, 0.6) is 0 Å². The molecule has 3 aromatic heterocycles. The Morgan fingerprint density at radius 2 is 1.00 bits per heavy atom. The Morgan fingerprint density at radius 3 is 1.49 bits per heavy atom. The lowest BCUT2D eigenvalue weighted by Crippen LogP contribution is -2.38. The van der Waals surface area contributed by atoms with Gasteiger partial charge in [-0.1, -0.05) is 12.1 Å². The van der Waals surface area contributed by atoms with Gasteiger partial charge in [-0.05, 0) is 91.0 Å². The highest BCUT2D eigenvalue weighted by molar-refractivity contribution is 8.13. The summed E-state index contributed by atoms with van der Waals surface area (Å²) in [5.41, 5.74) is -14.6. The number of H-pyrrole nitrogens is 3. The van der Waals surface area contributed by atoms with E-state index in [0.29, 0.717) is 23.6 Å². The normalized spacial score (nSPS) is 16.5. The molecule has 5 heterocycles. The third kappa shape index (κ3) is 7.17. The van der Waals surface area contributed by atoms with E-state index < -0.39 is 143 Å². The molecule has 22 heteroatoms. The zero-order valence-corrected chi connectivity index (χ0v) is 35.0. The number of allylic oxidation sites excluding steroid dienone is 2. The molecule has 7 aromatic rings. The fourth-order valence-corrected chi connectivity index (χ4v) is 8.96. The summed E-state index contributed by atoms with van der Waals surface area (Å²) < 4.78 is 235. The Morgan fingerprint density at radius 1 is 0.536 bits per heavy atom. The van der Waals surface area contributed by atoms with Gasteiger partial charge in [0.25, 0.3) is 5.24 Å². The monoisotopic (exact) mass is 989 g/mol. The first-order valence-electron chi connectivity index (χ1n) is 19.7. The number of aromatic nitrogens is 3. The fraction of sp³-hybridized carbons (Fsp3) is 0.0638. The summed E-state index contributed by atoms with van der Waals surface area (Å²) in [6.07, 6.45) is 4.18. The van der Waals surface area contributed by atoms with Crippen LogP contribution in [0.2, 0.25) is 0 Å². The van der Waals surface area contributed by atoms with E-state index in [0.717, 1.165) is 30.0 Å². The molecule has 2 aliphatic heterocycles. The number of rotatable bonds is 6. The smallest absolute Gasteiger partial charge is 0.283 e. The zero-order chi connectivity index (χ0) is 49.5. The number of fused-ring (bicyclic) bond motifs is 7. The van der Waals surface area contributed by atoms with Crippen LogP contribution < -0.4 is 16.0 Å². The Hall–Kier alpha value is -7.62. The van der Waals surface area contributed by atoms with Gasteiger partial charge >= 0.3 is 0 Å². The van der Waals surface area contributed by atoms with Crippen LogP contribution in [0.25, 0.3) is 17.2 Å². The topological polar surface area (TPSA) is 88.8 Å². The molecule has 352 valence electrons. The first-order chi connectivity index (χ1) is 32.8. The molecule has 8 bridgehead atoms. The number of hydrogen-bond acceptors (Lipinski definition) is 3. The van der Waals surface area contributed by atoms with Gasteiger partial charge in [-0.2, -0.15) is 0 Å². The van der Waals surface area contributed by atoms with Crippen LogP contribution in [0.15, 0.2) is 88.4 Å². The third-order valence-electron chi connectivity index (χ3n) is 11.2. The Labute approximate surface area is 380 Å². The lowest BCUT2D eigenvalue weighted by atomic mass is 9.68. The van der Waals surface area contributed by atoms with E-state index in [1.807, 2.05) is 0 Å². The van der Waals surface area contributed by atoms with E-state index in [1.165, 1.54) is 48.6 Å². The maximum absolute atomic E-state index is 16.7. The average molecular weight is 990 g/mol. The summed E-state index contributed by atoms with van der Waals surface area (Å²) in [5, 5.41) is 1.67. The number of nitrogens with zero attached hydrogens (tertiary/aromatic N) is 1. The number of nitrogens with one attached hydrogen (secondary N) is 4. The predicted octanol–water partition coefficient (Wildman–Crippen LogP) is 10.8. The van der Waals surface area contributed by atoms with Crippen molar-refractivity contribution < 1.29 is 70.7 Å². The van der Waals surface area contributed by atoms with Crippen molar-refractivity contribution in [1.82, 2.24) is 20.3 Å². The number of carbonyl (C=O) groups is 1. The molecule has 0 unspecified atom stereocenters. The molecular formula is C47H22F15N5OS. The second-order valence-electron chi connectivity index (χ2n) is 15.1. The quantitative estimate of drug-likeness (QED) is 0.0579. The standard InChI is InChI=1S/C47H22F15N5OS/c1-2-63-46(68)69-19-7-3-16(4-8-19)26-20-9-5-17(64-20)15-18-6-10-22(65-18)27(28-31(48)37(54)43(60)38(55)32(28)49)23-12-14-25(67-23)47(24-13-11-21(26)66-24,29-33(50)39(56)44(61)40(57)34(29)51)30-35(52)41(58)45(62)42(59)36(30)53/h3-15,65-67H,2H2,1H3,(H,63,68)/b18-15-,26-20-,27-22+. The van der Waals surface area contributed by atoms with Gasteiger partial charge in [-0.3, -0.25) is 4.79 Å². The zero-order valence-electron chi connectivity index (χ0n) is 34.1. The number of aliphatic imine (C=N–C) groups is 1. The molecule has 0 aliphatic carbocycles. The number of aromatic amines is 3. The highest BCUT2D eigenvalue weighted by Gasteiger charge is 2.53. The molecule has 4 aromatic carbocycles. The fourth-order valence-electron chi connectivity index (χ4n) is 8.25. The lowest BCUT2D eigenvalue weighted by Gasteiger charge is -2.35.